The zero-order valence-corrected chi connectivity index (χ0v) is 15.2. The first-order valence-electron chi connectivity index (χ1n) is 7.62. The summed E-state index contributed by atoms with van der Waals surface area (Å²) in [7, 11) is 1.80. The standard InChI is InChI=1S/C17H21BrN4O/c1-4-5-8-22(3)17(23)15-10-16(20-11-19-15)21-13-6-7-14(18)12(2)9-13/h6-7,9-11H,4-5,8H2,1-3H3,(H,19,20,21). The Hall–Kier alpha value is -1.95. The van der Waals surface area contributed by atoms with E-state index in [2.05, 4.69) is 38.1 Å². The zero-order chi connectivity index (χ0) is 16.8. The molecule has 2 rings (SSSR count). The van der Waals surface area contributed by atoms with E-state index in [9.17, 15) is 4.79 Å². The summed E-state index contributed by atoms with van der Waals surface area (Å²) in [6.45, 7) is 4.85. The maximum Gasteiger partial charge on any atom is 0.272 e. The normalized spacial score (nSPS) is 10.4. The van der Waals surface area contributed by atoms with Gasteiger partial charge in [0, 0.05) is 29.8 Å². The molecule has 0 saturated heterocycles. The minimum Gasteiger partial charge on any atom is -0.340 e. The summed E-state index contributed by atoms with van der Waals surface area (Å²) in [6.07, 6.45) is 3.45. The second-order valence-corrected chi connectivity index (χ2v) is 6.31. The predicted molar refractivity (Wildman–Crippen MR) is 96.1 cm³/mol. The van der Waals surface area contributed by atoms with Crippen LogP contribution in [0, 0.1) is 6.92 Å². The number of benzene rings is 1. The highest BCUT2D eigenvalue weighted by Crippen LogP contribution is 2.22. The quantitative estimate of drug-likeness (QED) is 0.821. The first kappa shape index (κ1) is 17.4. The van der Waals surface area contributed by atoms with Crippen LogP contribution in [0.2, 0.25) is 0 Å². The van der Waals surface area contributed by atoms with Crippen LogP contribution in [0.25, 0.3) is 0 Å². The Labute approximate surface area is 145 Å². The van der Waals surface area contributed by atoms with Gasteiger partial charge in [-0.15, -0.1) is 0 Å². The number of halogens is 1. The molecule has 0 spiro atoms. The largest absolute Gasteiger partial charge is 0.340 e. The second-order valence-electron chi connectivity index (χ2n) is 5.46. The lowest BCUT2D eigenvalue weighted by Crippen LogP contribution is -2.28. The van der Waals surface area contributed by atoms with E-state index in [-0.39, 0.29) is 5.91 Å². The predicted octanol–water partition coefficient (Wildman–Crippen LogP) is 4.16. The molecule has 1 aromatic carbocycles. The van der Waals surface area contributed by atoms with Crippen LogP contribution in [0.15, 0.2) is 35.1 Å². The van der Waals surface area contributed by atoms with Crippen molar-refractivity contribution >= 4 is 33.3 Å². The van der Waals surface area contributed by atoms with Crippen molar-refractivity contribution in [2.75, 3.05) is 18.9 Å². The lowest BCUT2D eigenvalue weighted by molar-refractivity contribution is 0.0787. The molecule has 0 bridgehead atoms. The molecule has 0 unspecified atom stereocenters. The maximum atomic E-state index is 12.4. The first-order chi connectivity index (χ1) is 11.0. The van der Waals surface area contributed by atoms with Crippen LogP contribution in [-0.4, -0.2) is 34.4 Å². The van der Waals surface area contributed by atoms with Gasteiger partial charge in [0.05, 0.1) is 0 Å². The van der Waals surface area contributed by atoms with Crippen molar-refractivity contribution in [2.24, 2.45) is 0 Å². The summed E-state index contributed by atoms with van der Waals surface area (Å²) in [4.78, 5) is 22.3. The van der Waals surface area contributed by atoms with Gasteiger partial charge in [0.2, 0.25) is 0 Å². The molecule has 0 aliphatic heterocycles. The Morgan fingerprint density at radius 2 is 2.09 bits per heavy atom. The molecule has 1 N–H and O–H groups in total. The van der Waals surface area contributed by atoms with Gasteiger partial charge in [0.1, 0.15) is 17.8 Å². The van der Waals surface area contributed by atoms with Crippen molar-refractivity contribution in [3.8, 4) is 0 Å². The molecule has 23 heavy (non-hydrogen) atoms. The fourth-order valence-corrected chi connectivity index (χ4v) is 2.35. The van der Waals surface area contributed by atoms with E-state index in [1.807, 2.05) is 25.1 Å². The van der Waals surface area contributed by atoms with Gasteiger partial charge < -0.3 is 10.2 Å². The van der Waals surface area contributed by atoms with Crippen molar-refractivity contribution < 1.29 is 4.79 Å². The number of nitrogens with zero attached hydrogens (tertiary/aromatic N) is 3. The van der Waals surface area contributed by atoms with E-state index in [0.29, 0.717) is 11.5 Å². The number of hydrogen-bond donors (Lipinski definition) is 1. The van der Waals surface area contributed by atoms with Crippen molar-refractivity contribution in [3.05, 3.63) is 46.3 Å². The molecule has 1 amide bonds. The number of carbonyl (C=O) groups is 1. The minimum absolute atomic E-state index is 0.0871. The number of hydrogen-bond acceptors (Lipinski definition) is 4. The molecule has 0 aliphatic rings. The lowest BCUT2D eigenvalue weighted by atomic mass is 10.2. The molecule has 5 nitrogen and oxygen atoms in total. The Bertz CT molecular complexity index is 690. The maximum absolute atomic E-state index is 12.4. The first-order valence-corrected chi connectivity index (χ1v) is 8.41. The second kappa shape index (κ2) is 8.06. The van der Waals surface area contributed by atoms with Crippen LogP contribution in [0.3, 0.4) is 0 Å². The monoisotopic (exact) mass is 376 g/mol. The number of carbonyl (C=O) groups excluding carboxylic acids is 1. The van der Waals surface area contributed by atoms with Crippen molar-refractivity contribution in [3.63, 3.8) is 0 Å². The molecule has 0 saturated carbocycles. The lowest BCUT2D eigenvalue weighted by Gasteiger charge is -2.16. The Balaban J connectivity index is 2.13. The number of aromatic nitrogens is 2. The van der Waals surface area contributed by atoms with Gasteiger partial charge in [-0.3, -0.25) is 4.79 Å². The van der Waals surface area contributed by atoms with Crippen LogP contribution < -0.4 is 5.32 Å². The summed E-state index contributed by atoms with van der Waals surface area (Å²) in [5.74, 6) is 0.518. The molecular formula is C17H21BrN4O. The van der Waals surface area contributed by atoms with Gasteiger partial charge in [-0.25, -0.2) is 9.97 Å². The third-order valence-corrected chi connectivity index (χ3v) is 4.40. The number of aryl methyl sites for hydroxylation is 1. The van der Waals surface area contributed by atoms with Crippen molar-refractivity contribution in [1.82, 2.24) is 14.9 Å². The molecule has 2 aromatic rings. The zero-order valence-electron chi connectivity index (χ0n) is 13.6. The van der Waals surface area contributed by atoms with Crippen LogP contribution in [0.1, 0.15) is 35.8 Å². The molecule has 0 fully saturated rings. The van der Waals surface area contributed by atoms with E-state index in [1.54, 1.807) is 18.0 Å². The average molecular weight is 377 g/mol. The summed E-state index contributed by atoms with van der Waals surface area (Å²) < 4.78 is 1.05. The van der Waals surface area contributed by atoms with Crippen LogP contribution in [0.5, 0.6) is 0 Å². The number of unbranched alkanes of at least 4 members (excludes halogenated alkanes) is 1. The molecule has 6 heteroatoms. The Morgan fingerprint density at radius 3 is 2.78 bits per heavy atom. The highest BCUT2D eigenvalue weighted by atomic mass is 79.9. The van der Waals surface area contributed by atoms with Gasteiger partial charge in [-0.2, -0.15) is 0 Å². The number of nitrogens with one attached hydrogen (secondary N) is 1. The molecule has 1 aromatic heterocycles. The summed E-state index contributed by atoms with van der Waals surface area (Å²) in [5.41, 5.74) is 2.44. The van der Waals surface area contributed by atoms with E-state index in [0.717, 1.165) is 35.1 Å². The third kappa shape index (κ3) is 4.76. The number of rotatable bonds is 6. The summed E-state index contributed by atoms with van der Waals surface area (Å²) in [6, 6.07) is 7.63. The molecule has 1 heterocycles. The van der Waals surface area contributed by atoms with Crippen LogP contribution >= 0.6 is 15.9 Å². The number of anilines is 2. The fourth-order valence-electron chi connectivity index (χ4n) is 2.11. The minimum atomic E-state index is -0.0871. The summed E-state index contributed by atoms with van der Waals surface area (Å²) in [5, 5.41) is 3.21. The van der Waals surface area contributed by atoms with Gasteiger partial charge in [-0.05, 0) is 37.1 Å². The van der Waals surface area contributed by atoms with E-state index >= 15 is 0 Å². The topological polar surface area (TPSA) is 58.1 Å². The van der Waals surface area contributed by atoms with Crippen molar-refractivity contribution in [2.45, 2.75) is 26.7 Å². The molecule has 122 valence electrons. The highest BCUT2D eigenvalue weighted by Gasteiger charge is 2.13. The van der Waals surface area contributed by atoms with E-state index in [1.165, 1.54) is 6.33 Å². The highest BCUT2D eigenvalue weighted by molar-refractivity contribution is 9.10. The SMILES string of the molecule is CCCCN(C)C(=O)c1cc(Nc2ccc(Br)c(C)c2)ncn1. The molecular weight excluding hydrogens is 356 g/mol. The van der Waals surface area contributed by atoms with Gasteiger partial charge in [0.15, 0.2) is 0 Å². The third-order valence-electron chi connectivity index (χ3n) is 3.51. The summed E-state index contributed by atoms with van der Waals surface area (Å²) >= 11 is 3.48. The Kier molecular flexibility index (Phi) is 6.10. The van der Waals surface area contributed by atoms with Gasteiger partial charge in [-0.1, -0.05) is 29.3 Å². The molecule has 0 aliphatic carbocycles. The van der Waals surface area contributed by atoms with E-state index < -0.39 is 0 Å². The van der Waals surface area contributed by atoms with Gasteiger partial charge >= 0.3 is 0 Å². The molecule has 0 radical (unpaired) electrons. The molecule has 0 atom stereocenters. The van der Waals surface area contributed by atoms with Crippen molar-refractivity contribution in [1.29, 1.82) is 0 Å². The number of amides is 1. The average Bonchev–Trinajstić information content (AvgIpc) is 2.55. The fraction of sp³-hybridized carbons (Fsp3) is 0.353. The van der Waals surface area contributed by atoms with Crippen LogP contribution in [0.4, 0.5) is 11.5 Å². The Morgan fingerprint density at radius 1 is 1.30 bits per heavy atom. The van der Waals surface area contributed by atoms with E-state index in [4.69, 9.17) is 0 Å². The smallest absolute Gasteiger partial charge is 0.272 e. The van der Waals surface area contributed by atoms with Gasteiger partial charge in [0.25, 0.3) is 5.91 Å². The van der Waals surface area contributed by atoms with Crippen LogP contribution in [-0.2, 0) is 0 Å².